The lowest BCUT2D eigenvalue weighted by Gasteiger charge is -2.24. The Morgan fingerprint density at radius 3 is 2.94 bits per heavy atom. The molecule has 1 rings (SSSR count). The number of methoxy groups -OCH3 is 1. The highest BCUT2D eigenvalue weighted by Gasteiger charge is 2.09. The Morgan fingerprint density at radius 1 is 1.62 bits per heavy atom. The Bertz CT molecular complexity index is 373. The molecule has 0 spiro atoms. The molecule has 4 nitrogen and oxygen atoms in total. The molecule has 0 amide bonds. The molecule has 86 valence electrons. The number of ether oxygens (including phenoxy) is 1. The van der Waals surface area contributed by atoms with Crippen LogP contribution >= 0.6 is 0 Å². The summed E-state index contributed by atoms with van der Waals surface area (Å²) >= 11 is 0. The van der Waals surface area contributed by atoms with Crippen molar-refractivity contribution in [1.82, 2.24) is 4.98 Å². The van der Waals surface area contributed by atoms with Gasteiger partial charge in [-0.25, -0.2) is 4.98 Å². The molecule has 0 saturated heterocycles. The van der Waals surface area contributed by atoms with Crippen molar-refractivity contribution in [2.75, 3.05) is 25.1 Å². The first-order chi connectivity index (χ1) is 7.71. The van der Waals surface area contributed by atoms with Crippen LogP contribution in [0.5, 0.6) is 5.88 Å². The highest BCUT2D eigenvalue weighted by molar-refractivity contribution is 5.48. The van der Waals surface area contributed by atoms with Gasteiger partial charge in [0.05, 0.1) is 19.1 Å². The molecule has 0 bridgehead atoms. The molecule has 0 aliphatic carbocycles. The molecule has 0 aliphatic heterocycles. The fourth-order valence-electron chi connectivity index (χ4n) is 1.50. The quantitative estimate of drug-likeness (QED) is 0.760. The summed E-state index contributed by atoms with van der Waals surface area (Å²) in [5.74, 6) is 0.611. The van der Waals surface area contributed by atoms with E-state index in [1.165, 1.54) is 0 Å². The number of pyridine rings is 1. The lowest BCUT2D eigenvalue weighted by Crippen LogP contribution is -2.27. The zero-order valence-electron chi connectivity index (χ0n) is 9.97. The number of nitriles is 1. The van der Waals surface area contributed by atoms with Gasteiger partial charge in [0, 0.05) is 31.0 Å². The van der Waals surface area contributed by atoms with Gasteiger partial charge in [-0.15, -0.1) is 0 Å². The van der Waals surface area contributed by atoms with E-state index >= 15 is 0 Å². The predicted octanol–water partition coefficient (Wildman–Crippen LogP) is 2.08. The number of aromatic nitrogens is 1. The van der Waals surface area contributed by atoms with Crippen LogP contribution in [-0.4, -0.2) is 25.2 Å². The summed E-state index contributed by atoms with van der Waals surface area (Å²) < 4.78 is 5.08. The van der Waals surface area contributed by atoms with Crippen molar-refractivity contribution < 1.29 is 4.74 Å². The number of anilines is 1. The molecule has 0 radical (unpaired) electrons. The molecular formula is C12H17N3O. The van der Waals surface area contributed by atoms with Crippen LogP contribution in [0.3, 0.4) is 0 Å². The largest absolute Gasteiger partial charge is 0.481 e. The van der Waals surface area contributed by atoms with Crippen LogP contribution in [0.25, 0.3) is 0 Å². The van der Waals surface area contributed by atoms with Crippen molar-refractivity contribution in [1.29, 1.82) is 5.26 Å². The van der Waals surface area contributed by atoms with Crippen molar-refractivity contribution >= 4 is 5.69 Å². The van der Waals surface area contributed by atoms with E-state index < -0.39 is 0 Å². The second kappa shape index (κ2) is 5.96. The van der Waals surface area contributed by atoms with Crippen LogP contribution in [0.15, 0.2) is 18.3 Å². The van der Waals surface area contributed by atoms with Gasteiger partial charge in [-0.05, 0) is 19.9 Å². The van der Waals surface area contributed by atoms with Gasteiger partial charge < -0.3 is 9.64 Å². The van der Waals surface area contributed by atoms with E-state index in [2.05, 4.69) is 22.9 Å². The van der Waals surface area contributed by atoms with E-state index in [9.17, 15) is 0 Å². The van der Waals surface area contributed by atoms with Gasteiger partial charge >= 0.3 is 0 Å². The minimum Gasteiger partial charge on any atom is -0.481 e. The monoisotopic (exact) mass is 219 g/mol. The highest BCUT2D eigenvalue weighted by atomic mass is 16.5. The van der Waals surface area contributed by atoms with Gasteiger partial charge in [0.25, 0.3) is 0 Å². The number of hydrogen-bond acceptors (Lipinski definition) is 4. The average molecular weight is 219 g/mol. The molecule has 0 saturated carbocycles. The number of nitrogens with zero attached hydrogens (tertiary/aromatic N) is 3. The van der Waals surface area contributed by atoms with Crippen LogP contribution in [0, 0.1) is 17.2 Å². The smallest absolute Gasteiger partial charge is 0.214 e. The lowest BCUT2D eigenvalue weighted by molar-refractivity contribution is 0.398. The van der Waals surface area contributed by atoms with Crippen molar-refractivity contribution in [3.63, 3.8) is 0 Å². The Kier molecular flexibility index (Phi) is 4.59. The third-order valence-corrected chi connectivity index (χ3v) is 2.39. The van der Waals surface area contributed by atoms with Crippen LogP contribution < -0.4 is 9.64 Å². The maximum Gasteiger partial charge on any atom is 0.214 e. The number of rotatable bonds is 5. The molecule has 0 aromatic carbocycles. The Labute approximate surface area is 96.5 Å². The second-order valence-electron chi connectivity index (χ2n) is 3.63. The van der Waals surface area contributed by atoms with Crippen LogP contribution in [0.1, 0.15) is 13.8 Å². The van der Waals surface area contributed by atoms with E-state index in [0.717, 1.165) is 18.8 Å². The maximum absolute atomic E-state index is 8.81. The SMILES string of the molecule is CCN(CC(C)C#N)c1ccnc(OC)c1. The van der Waals surface area contributed by atoms with Crippen molar-refractivity contribution in [2.24, 2.45) is 5.92 Å². The first-order valence-corrected chi connectivity index (χ1v) is 5.35. The maximum atomic E-state index is 8.81. The van der Waals surface area contributed by atoms with Gasteiger partial charge in [0.1, 0.15) is 0 Å². The molecule has 1 heterocycles. The van der Waals surface area contributed by atoms with Crippen LogP contribution in [0.4, 0.5) is 5.69 Å². The number of hydrogen-bond donors (Lipinski definition) is 0. The van der Waals surface area contributed by atoms with E-state index in [1.54, 1.807) is 13.3 Å². The van der Waals surface area contributed by atoms with E-state index in [0.29, 0.717) is 5.88 Å². The normalized spacial score (nSPS) is 11.6. The highest BCUT2D eigenvalue weighted by Crippen LogP contribution is 2.19. The Hall–Kier alpha value is -1.76. The predicted molar refractivity (Wildman–Crippen MR) is 63.5 cm³/mol. The van der Waals surface area contributed by atoms with Crippen molar-refractivity contribution in [2.45, 2.75) is 13.8 Å². The van der Waals surface area contributed by atoms with Crippen LogP contribution in [0.2, 0.25) is 0 Å². The standard InChI is InChI=1S/C12H17N3O/c1-4-15(9-10(2)8-13)11-5-6-14-12(7-11)16-3/h5-7,10H,4,9H2,1-3H3. The second-order valence-corrected chi connectivity index (χ2v) is 3.63. The van der Waals surface area contributed by atoms with Gasteiger partial charge in [0.2, 0.25) is 5.88 Å². The van der Waals surface area contributed by atoms with Crippen molar-refractivity contribution in [3.8, 4) is 11.9 Å². The zero-order chi connectivity index (χ0) is 12.0. The molecule has 0 fully saturated rings. The first-order valence-electron chi connectivity index (χ1n) is 5.35. The fraction of sp³-hybridized carbons (Fsp3) is 0.500. The lowest BCUT2D eigenvalue weighted by atomic mass is 10.2. The summed E-state index contributed by atoms with van der Waals surface area (Å²) in [5, 5.41) is 8.81. The summed E-state index contributed by atoms with van der Waals surface area (Å²) in [6, 6.07) is 6.05. The average Bonchev–Trinajstić information content (AvgIpc) is 2.35. The molecule has 1 aromatic rings. The van der Waals surface area contributed by atoms with E-state index in [-0.39, 0.29) is 5.92 Å². The summed E-state index contributed by atoms with van der Waals surface area (Å²) in [7, 11) is 1.60. The summed E-state index contributed by atoms with van der Waals surface area (Å²) in [4.78, 5) is 6.20. The zero-order valence-corrected chi connectivity index (χ0v) is 9.97. The first kappa shape index (κ1) is 12.3. The fourth-order valence-corrected chi connectivity index (χ4v) is 1.50. The Balaban J connectivity index is 2.82. The minimum absolute atomic E-state index is 0.0131. The third kappa shape index (κ3) is 3.13. The van der Waals surface area contributed by atoms with Gasteiger partial charge in [-0.2, -0.15) is 5.26 Å². The van der Waals surface area contributed by atoms with Crippen molar-refractivity contribution in [3.05, 3.63) is 18.3 Å². The molecule has 1 atom stereocenters. The van der Waals surface area contributed by atoms with Gasteiger partial charge in [-0.3, -0.25) is 0 Å². The summed E-state index contributed by atoms with van der Waals surface area (Å²) in [6.45, 7) is 5.57. The molecule has 1 aromatic heterocycles. The molecular weight excluding hydrogens is 202 g/mol. The van der Waals surface area contributed by atoms with Crippen LogP contribution in [-0.2, 0) is 0 Å². The molecule has 4 heteroatoms. The van der Waals surface area contributed by atoms with E-state index in [1.807, 2.05) is 19.1 Å². The molecule has 0 N–H and O–H groups in total. The third-order valence-electron chi connectivity index (χ3n) is 2.39. The summed E-state index contributed by atoms with van der Waals surface area (Å²) in [5.41, 5.74) is 1.04. The molecule has 0 aliphatic rings. The molecule has 1 unspecified atom stereocenters. The topological polar surface area (TPSA) is 49.2 Å². The van der Waals surface area contributed by atoms with Gasteiger partial charge in [0.15, 0.2) is 0 Å². The van der Waals surface area contributed by atoms with E-state index in [4.69, 9.17) is 10.00 Å². The molecule has 16 heavy (non-hydrogen) atoms. The van der Waals surface area contributed by atoms with Gasteiger partial charge in [-0.1, -0.05) is 0 Å². The summed E-state index contributed by atoms with van der Waals surface area (Å²) in [6.07, 6.45) is 1.72. The minimum atomic E-state index is 0.0131. The Morgan fingerprint density at radius 2 is 2.38 bits per heavy atom.